The summed E-state index contributed by atoms with van der Waals surface area (Å²) in [6.45, 7) is 2.87. The van der Waals surface area contributed by atoms with Crippen molar-refractivity contribution in [2.75, 3.05) is 19.8 Å². The van der Waals surface area contributed by atoms with Gasteiger partial charge in [0, 0.05) is 12.5 Å². The van der Waals surface area contributed by atoms with Crippen molar-refractivity contribution in [3.05, 3.63) is 12.7 Å². The Balaban J connectivity index is 3.21. The van der Waals surface area contributed by atoms with Crippen molar-refractivity contribution in [2.24, 2.45) is 0 Å². The van der Waals surface area contributed by atoms with Crippen LogP contribution in [0.1, 0.15) is 6.42 Å². The Hall–Kier alpha value is -1.36. The molecule has 0 saturated carbocycles. The summed E-state index contributed by atoms with van der Waals surface area (Å²) in [6, 6.07) is 0. The fraction of sp³-hybridized carbons (Fsp3) is 0.500. The summed E-state index contributed by atoms with van der Waals surface area (Å²) in [7, 11) is 0. The zero-order valence-corrected chi connectivity index (χ0v) is 7.19. The normalized spacial score (nSPS) is 9.00. The van der Waals surface area contributed by atoms with Crippen LogP contribution in [0.15, 0.2) is 12.7 Å². The molecule has 0 aromatic carbocycles. The van der Waals surface area contributed by atoms with E-state index in [-0.39, 0.29) is 13.2 Å². The van der Waals surface area contributed by atoms with Gasteiger partial charge in [-0.1, -0.05) is 6.58 Å². The number of esters is 2. The fourth-order valence-electron chi connectivity index (χ4n) is 0.522. The minimum atomic E-state index is -0.685. The average Bonchev–Trinajstić information content (AvgIpc) is 2.16. The number of rotatable bonds is 6. The lowest BCUT2D eigenvalue weighted by Crippen LogP contribution is -2.12. The maximum absolute atomic E-state index is 10.5. The number of aliphatic hydroxyl groups excluding tert-OH is 1. The van der Waals surface area contributed by atoms with Crippen molar-refractivity contribution in [3.63, 3.8) is 0 Å². The first-order valence-electron chi connectivity index (χ1n) is 3.76. The lowest BCUT2D eigenvalue weighted by atomic mass is 10.5. The molecule has 0 radical (unpaired) electrons. The number of carbonyl (C=O) groups excluding carboxylic acids is 2. The topological polar surface area (TPSA) is 72.8 Å². The van der Waals surface area contributed by atoms with Crippen molar-refractivity contribution in [3.8, 4) is 0 Å². The van der Waals surface area contributed by atoms with Crippen LogP contribution in [0.5, 0.6) is 0 Å². The highest BCUT2D eigenvalue weighted by molar-refractivity contribution is 5.81. The van der Waals surface area contributed by atoms with Gasteiger partial charge in [-0.15, -0.1) is 0 Å². The number of hydrogen-bond acceptors (Lipinski definition) is 5. The SMILES string of the molecule is C=CC(=O)OCCCOC(=O)CO. The number of hydrogen-bond donors (Lipinski definition) is 1. The van der Waals surface area contributed by atoms with Crippen LogP contribution < -0.4 is 0 Å². The fourth-order valence-corrected chi connectivity index (χ4v) is 0.522. The Kier molecular flexibility index (Phi) is 6.53. The molecule has 0 spiro atoms. The molecule has 0 heterocycles. The predicted octanol–water partition coefficient (Wildman–Crippen LogP) is -0.359. The molecule has 0 atom stereocenters. The van der Waals surface area contributed by atoms with Crippen LogP contribution in [0.2, 0.25) is 0 Å². The van der Waals surface area contributed by atoms with E-state index in [2.05, 4.69) is 16.1 Å². The van der Waals surface area contributed by atoms with Crippen molar-refractivity contribution in [1.29, 1.82) is 0 Å². The molecule has 5 heteroatoms. The van der Waals surface area contributed by atoms with Gasteiger partial charge in [0.05, 0.1) is 13.2 Å². The zero-order chi connectivity index (χ0) is 10.1. The van der Waals surface area contributed by atoms with Gasteiger partial charge in [-0.25, -0.2) is 9.59 Å². The van der Waals surface area contributed by atoms with E-state index < -0.39 is 18.5 Å². The van der Waals surface area contributed by atoms with E-state index in [0.29, 0.717) is 6.42 Å². The molecular weight excluding hydrogens is 176 g/mol. The van der Waals surface area contributed by atoms with E-state index in [0.717, 1.165) is 6.08 Å². The third kappa shape index (κ3) is 7.02. The molecule has 0 aliphatic heterocycles. The standard InChI is InChI=1S/C8H12O5/c1-2-7(10)12-4-3-5-13-8(11)6-9/h2,9H,1,3-6H2. The molecule has 0 unspecified atom stereocenters. The zero-order valence-electron chi connectivity index (χ0n) is 7.19. The Labute approximate surface area is 75.9 Å². The summed E-state index contributed by atoms with van der Waals surface area (Å²) in [4.78, 5) is 20.8. The molecule has 0 aromatic heterocycles. The van der Waals surface area contributed by atoms with Gasteiger partial charge >= 0.3 is 11.9 Å². The monoisotopic (exact) mass is 188 g/mol. The number of aliphatic hydroxyl groups is 1. The van der Waals surface area contributed by atoms with Crippen LogP contribution in [-0.2, 0) is 19.1 Å². The molecule has 0 aromatic rings. The minimum absolute atomic E-state index is 0.129. The number of carbonyl (C=O) groups is 2. The summed E-state index contributed by atoms with van der Waals surface area (Å²) < 4.78 is 9.10. The van der Waals surface area contributed by atoms with Gasteiger partial charge in [0.15, 0.2) is 0 Å². The quantitative estimate of drug-likeness (QED) is 0.350. The lowest BCUT2D eigenvalue weighted by molar-refractivity contribution is -0.147. The van der Waals surface area contributed by atoms with E-state index in [4.69, 9.17) is 5.11 Å². The summed E-state index contributed by atoms with van der Waals surface area (Å²) >= 11 is 0. The summed E-state index contributed by atoms with van der Waals surface area (Å²) in [5, 5.41) is 8.24. The summed E-state index contributed by atoms with van der Waals surface area (Å²) in [5.41, 5.74) is 0. The van der Waals surface area contributed by atoms with Crippen LogP contribution >= 0.6 is 0 Å². The first kappa shape index (κ1) is 11.6. The van der Waals surface area contributed by atoms with E-state index in [1.165, 1.54) is 0 Å². The molecular formula is C8H12O5. The van der Waals surface area contributed by atoms with Crippen LogP contribution in [0, 0.1) is 0 Å². The summed E-state index contributed by atoms with van der Waals surface area (Å²) in [6.07, 6.45) is 1.46. The Morgan fingerprint density at radius 2 is 1.92 bits per heavy atom. The third-order valence-electron chi connectivity index (χ3n) is 1.09. The number of ether oxygens (including phenoxy) is 2. The van der Waals surface area contributed by atoms with Crippen LogP contribution in [0.4, 0.5) is 0 Å². The molecule has 0 bridgehead atoms. The van der Waals surface area contributed by atoms with E-state index in [9.17, 15) is 9.59 Å². The second-order valence-electron chi connectivity index (χ2n) is 2.10. The highest BCUT2D eigenvalue weighted by Gasteiger charge is 1.99. The molecule has 13 heavy (non-hydrogen) atoms. The van der Waals surface area contributed by atoms with Gasteiger partial charge in [-0.05, 0) is 0 Å². The first-order valence-corrected chi connectivity index (χ1v) is 3.76. The molecule has 0 amide bonds. The Morgan fingerprint density at radius 1 is 1.31 bits per heavy atom. The average molecular weight is 188 g/mol. The molecule has 0 fully saturated rings. The van der Waals surface area contributed by atoms with Gasteiger partial charge in [0.1, 0.15) is 6.61 Å². The van der Waals surface area contributed by atoms with Gasteiger partial charge in [-0.3, -0.25) is 0 Å². The molecule has 1 N–H and O–H groups in total. The van der Waals surface area contributed by atoms with Crippen LogP contribution in [0.25, 0.3) is 0 Å². The van der Waals surface area contributed by atoms with Crippen molar-refractivity contribution >= 4 is 11.9 Å². The van der Waals surface area contributed by atoms with E-state index in [1.54, 1.807) is 0 Å². The van der Waals surface area contributed by atoms with Gasteiger partial charge in [0.2, 0.25) is 0 Å². The van der Waals surface area contributed by atoms with Gasteiger partial charge in [0.25, 0.3) is 0 Å². The van der Waals surface area contributed by atoms with E-state index >= 15 is 0 Å². The Morgan fingerprint density at radius 3 is 2.46 bits per heavy atom. The molecule has 0 rings (SSSR count). The lowest BCUT2D eigenvalue weighted by Gasteiger charge is -2.02. The maximum atomic E-state index is 10.5. The van der Waals surface area contributed by atoms with Crippen LogP contribution in [0.3, 0.4) is 0 Å². The molecule has 0 saturated heterocycles. The van der Waals surface area contributed by atoms with Crippen molar-refractivity contribution in [1.82, 2.24) is 0 Å². The van der Waals surface area contributed by atoms with Gasteiger partial charge < -0.3 is 14.6 Å². The van der Waals surface area contributed by atoms with Crippen molar-refractivity contribution in [2.45, 2.75) is 6.42 Å². The minimum Gasteiger partial charge on any atom is -0.464 e. The smallest absolute Gasteiger partial charge is 0.331 e. The molecule has 0 aliphatic carbocycles. The largest absolute Gasteiger partial charge is 0.464 e. The van der Waals surface area contributed by atoms with Crippen molar-refractivity contribution < 1.29 is 24.2 Å². The Bertz CT molecular complexity index is 187. The highest BCUT2D eigenvalue weighted by atomic mass is 16.6. The van der Waals surface area contributed by atoms with Gasteiger partial charge in [-0.2, -0.15) is 0 Å². The van der Waals surface area contributed by atoms with E-state index in [1.807, 2.05) is 0 Å². The molecule has 74 valence electrons. The highest BCUT2D eigenvalue weighted by Crippen LogP contribution is 1.87. The maximum Gasteiger partial charge on any atom is 0.331 e. The third-order valence-corrected chi connectivity index (χ3v) is 1.09. The predicted molar refractivity (Wildman–Crippen MR) is 43.8 cm³/mol. The molecule has 5 nitrogen and oxygen atoms in total. The summed E-state index contributed by atoms with van der Waals surface area (Å²) in [5.74, 6) is -1.19. The molecule has 0 aliphatic rings. The van der Waals surface area contributed by atoms with Crippen LogP contribution in [-0.4, -0.2) is 36.9 Å². The second kappa shape index (κ2) is 7.30. The second-order valence-corrected chi connectivity index (χ2v) is 2.10. The first-order chi connectivity index (χ1) is 6.20.